The first-order valence-corrected chi connectivity index (χ1v) is 4.11. The van der Waals surface area contributed by atoms with Gasteiger partial charge in [-0.1, -0.05) is 0 Å². The summed E-state index contributed by atoms with van der Waals surface area (Å²) in [4.78, 5) is 21.5. The van der Waals surface area contributed by atoms with Crippen molar-refractivity contribution in [3.05, 3.63) is 17.4 Å². The van der Waals surface area contributed by atoms with Crippen LogP contribution >= 0.6 is 0 Å². The molecule has 0 unspecified atom stereocenters. The monoisotopic (exact) mass is 228 g/mol. The molecule has 0 bridgehead atoms. The van der Waals surface area contributed by atoms with Gasteiger partial charge in [-0.15, -0.1) is 0 Å². The van der Waals surface area contributed by atoms with Gasteiger partial charge < -0.3 is 19.7 Å². The average Bonchev–Trinajstić information content (AvgIpc) is 2.70. The van der Waals surface area contributed by atoms with E-state index in [9.17, 15) is 19.1 Å². The molecule has 2 N–H and O–H groups in total. The lowest BCUT2D eigenvalue weighted by atomic mass is 10.1. The number of ketones is 1. The smallest absolute Gasteiger partial charge is 0.377 e. The summed E-state index contributed by atoms with van der Waals surface area (Å²) in [6.45, 7) is -0.254. The third-order valence-corrected chi connectivity index (χ3v) is 2.02. The Bertz CT molecular complexity index is 495. The summed E-state index contributed by atoms with van der Waals surface area (Å²) in [5.74, 6) is -5.93. The number of aliphatic carboxylic acids is 1. The summed E-state index contributed by atoms with van der Waals surface area (Å²) in [7, 11) is 0. The Balaban J connectivity index is 2.60. The van der Waals surface area contributed by atoms with Crippen molar-refractivity contribution in [3.8, 4) is 17.2 Å². The van der Waals surface area contributed by atoms with Crippen molar-refractivity contribution in [2.45, 2.75) is 0 Å². The molecule has 0 saturated carbocycles. The Labute approximate surface area is 87.8 Å². The minimum Gasteiger partial charge on any atom is -0.504 e. The number of hydrogen-bond donors (Lipinski definition) is 2. The standard InChI is InChI=1S/C9H5FO6/c10-5-6(11)3(7(12)9(13)14)1-4-8(5)16-2-15-4/h1,11H,2H2,(H,13,14). The lowest BCUT2D eigenvalue weighted by molar-refractivity contribution is -0.131. The first-order chi connectivity index (χ1) is 7.52. The highest BCUT2D eigenvalue weighted by molar-refractivity contribution is 6.40. The van der Waals surface area contributed by atoms with E-state index in [1.807, 2.05) is 0 Å². The third kappa shape index (κ3) is 1.33. The van der Waals surface area contributed by atoms with E-state index >= 15 is 0 Å². The zero-order chi connectivity index (χ0) is 11.9. The lowest BCUT2D eigenvalue weighted by Gasteiger charge is -2.04. The summed E-state index contributed by atoms with van der Waals surface area (Å²) in [6, 6.07) is 0.928. The van der Waals surface area contributed by atoms with E-state index in [4.69, 9.17) is 9.84 Å². The van der Waals surface area contributed by atoms with Gasteiger partial charge in [0.15, 0.2) is 11.5 Å². The first-order valence-electron chi connectivity index (χ1n) is 4.11. The Morgan fingerprint density at radius 2 is 2.06 bits per heavy atom. The number of phenolic OH excluding ortho intramolecular Hbond substituents is 1. The fraction of sp³-hybridized carbons (Fsp3) is 0.111. The zero-order valence-electron chi connectivity index (χ0n) is 7.69. The van der Waals surface area contributed by atoms with Crippen LogP contribution in [0.3, 0.4) is 0 Å². The van der Waals surface area contributed by atoms with Crippen LogP contribution in [0.1, 0.15) is 10.4 Å². The molecule has 1 heterocycles. The number of aromatic hydroxyl groups is 1. The van der Waals surface area contributed by atoms with Gasteiger partial charge in [0.25, 0.3) is 5.78 Å². The van der Waals surface area contributed by atoms with Gasteiger partial charge in [0, 0.05) is 0 Å². The fourth-order valence-corrected chi connectivity index (χ4v) is 1.28. The minimum absolute atomic E-state index is 0.111. The third-order valence-electron chi connectivity index (χ3n) is 2.02. The van der Waals surface area contributed by atoms with Crippen molar-refractivity contribution in [3.63, 3.8) is 0 Å². The van der Waals surface area contributed by atoms with Gasteiger partial charge in [-0.25, -0.2) is 4.79 Å². The van der Waals surface area contributed by atoms with E-state index in [1.54, 1.807) is 0 Å². The molecule has 16 heavy (non-hydrogen) atoms. The summed E-state index contributed by atoms with van der Waals surface area (Å²) in [6.07, 6.45) is 0. The van der Waals surface area contributed by atoms with Crippen LogP contribution in [0.5, 0.6) is 17.2 Å². The average molecular weight is 228 g/mol. The predicted octanol–water partition coefficient (Wildman–Crippen LogP) is 0.527. The van der Waals surface area contributed by atoms with E-state index in [-0.39, 0.29) is 18.3 Å². The quantitative estimate of drug-likeness (QED) is 0.566. The number of ether oxygens (including phenoxy) is 2. The molecule has 0 aromatic heterocycles. The largest absolute Gasteiger partial charge is 0.504 e. The summed E-state index contributed by atoms with van der Waals surface area (Å²) < 4.78 is 22.9. The van der Waals surface area contributed by atoms with E-state index < -0.39 is 28.9 Å². The summed E-state index contributed by atoms with van der Waals surface area (Å²) in [5.41, 5.74) is -0.672. The van der Waals surface area contributed by atoms with Crippen LogP contribution in [-0.2, 0) is 4.79 Å². The number of carbonyl (C=O) groups is 2. The Hall–Kier alpha value is -2.31. The second-order valence-corrected chi connectivity index (χ2v) is 2.95. The van der Waals surface area contributed by atoms with E-state index in [1.165, 1.54) is 0 Å². The maximum atomic E-state index is 13.4. The van der Waals surface area contributed by atoms with E-state index in [0.29, 0.717) is 0 Å². The van der Waals surface area contributed by atoms with Crippen LogP contribution in [-0.4, -0.2) is 28.8 Å². The second-order valence-electron chi connectivity index (χ2n) is 2.95. The number of carboxylic acid groups (broad SMARTS) is 1. The molecule has 0 radical (unpaired) electrons. The van der Waals surface area contributed by atoms with Crippen LogP contribution in [0.25, 0.3) is 0 Å². The first kappa shape index (κ1) is 10.2. The number of fused-ring (bicyclic) bond motifs is 1. The summed E-state index contributed by atoms with van der Waals surface area (Å²) in [5, 5.41) is 17.7. The molecular formula is C9H5FO6. The molecule has 2 rings (SSSR count). The Kier molecular flexibility index (Phi) is 2.15. The minimum atomic E-state index is -1.80. The molecule has 0 atom stereocenters. The molecular weight excluding hydrogens is 223 g/mol. The Morgan fingerprint density at radius 3 is 2.69 bits per heavy atom. The highest BCUT2D eigenvalue weighted by Crippen LogP contribution is 2.41. The highest BCUT2D eigenvalue weighted by atomic mass is 19.1. The zero-order valence-corrected chi connectivity index (χ0v) is 7.69. The Morgan fingerprint density at radius 1 is 1.38 bits per heavy atom. The van der Waals surface area contributed by atoms with Crippen LogP contribution in [0.2, 0.25) is 0 Å². The van der Waals surface area contributed by atoms with Gasteiger partial charge >= 0.3 is 5.97 Å². The summed E-state index contributed by atoms with van der Waals surface area (Å²) >= 11 is 0. The number of hydrogen-bond acceptors (Lipinski definition) is 5. The maximum Gasteiger partial charge on any atom is 0.377 e. The van der Waals surface area contributed by atoms with Crippen molar-refractivity contribution in [2.75, 3.05) is 6.79 Å². The van der Waals surface area contributed by atoms with E-state index in [2.05, 4.69) is 4.74 Å². The number of benzene rings is 1. The molecule has 0 aliphatic carbocycles. The van der Waals surface area contributed by atoms with Crippen molar-refractivity contribution < 1.29 is 33.7 Å². The fourth-order valence-electron chi connectivity index (χ4n) is 1.28. The van der Waals surface area contributed by atoms with Crippen LogP contribution in [0, 0.1) is 5.82 Å². The van der Waals surface area contributed by atoms with E-state index in [0.717, 1.165) is 6.07 Å². The molecule has 1 aliphatic rings. The molecule has 1 aromatic rings. The number of halogens is 1. The maximum absolute atomic E-state index is 13.4. The molecule has 1 aliphatic heterocycles. The molecule has 84 valence electrons. The van der Waals surface area contributed by atoms with Crippen molar-refractivity contribution in [1.29, 1.82) is 0 Å². The topological polar surface area (TPSA) is 93.1 Å². The van der Waals surface area contributed by atoms with Gasteiger partial charge in [0.1, 0.15) is 0 Å². The van der Waals surface area contributed by atoms with Gasteiger partial charge in [0.2, 0.25) is 18.4 Å². The van der Waals surface area contributed by atoms with Gasteiger partial charge in [-0.05, 0) is 6.07 Å². The molecule has 1 aromatic carbocycles. The van der Waals surface area contributed by atoms with Crippen LogP contribution in [0.4, 0.5) is 4.39 Å². The highest BCUT2D eigenvalue weighted by Gasteiger charge is 2.29. The lowest BCUT2D eigenvalue weighted by Crippen LogP contribution is -2.13. The van der Waals surface area contributed by atoms with Crippen LogP contribution in [0.15, 0.2) is 6.07 Å². The molecule has 6 nitrogen and oxygen atoms in total. The normalized spacial score (nSPS) is 12.6. The predicted molar refractivity (Wildman–Crippen MR) is 46.2 cm³/mol. The van der Waals surface area contributed by atoms with Crippen molar-refractivity contribution in [1.82, 2.24) is 0 Å². The van der Waals surface area contributed by atoms with Gasteiger partial charge in [-0.3, -0.25) is 4.79 Å². The molecule has 0 saturated heterocycles. The van der Waals surface area contributed by atoms with Crippen molar-refractivity contribution in [2.24, 2.45) is 0 Å². The van der Waals surface area contributed by atoms with Crippen LogP contribution < -0.4 is 9.47 Å². The molecule has 7 heteroatoms. The number of carbonyl (C=O) groups excluding carboxylic acids is 1. The van der Waals surface area contributed by atoms with Gasteiger partial charge in [-0.2, -0.15) is 4.39 Å². The molecule has 0 fully saturated rings. The number of Topliss-reactive ketones (excluding diaryl/α,β-unsaturated/α-hetero) is 1. The number of phenols is 1. The second kappa shape index (κ2) is 3.37. The SMILES string of the molecule is O=C(O)C(=O)c1cc2c(c(F)c1O)OCO2. The van der Waals surface area contributed by atoms with Gasteiger partial charge in [0.05, 0.1) is 5.56 Å². The molecule has 0 spiro atoms. The molecule has 0 amide bonds. The number of rotatable bonds is 2. The van der Waals surface area contributed by atoms with Crippen molar-refractivity contribution >= 4 is 11.8 Å². The number of carboxylic acids is 1.